The summed E-state index contributed by atoms with van der Waals surface area (Å²) in [6, 6.07) is 0.179. The summed E-state index contributed by atoms with van der Waals surface area (Å²) >= 11 is 0. The van der Waals surface area contributed by atoms with E-state index in [0.29, 0.717) is 23.8 Å². The third-order valence-electron chi connectivity index (χ3n) is 6.12. The maximum absolute atomic E-state index is 12.4. The highest BCUT2D eigenvalue weighted by atomic mass is 32.2. The van der Waals surface area contributed by atoms with Crippen molar-refractivity contribution in [1.29, 1.82) is 0 Å². The Morgan fingerprint density at radius 1 is 0.958 bits per heavy atom. The molecule has 1 aliphatic carbocycles. The molecular formula is C18H32N2O3S. The SMILES string of the molecule is O=C(CCCC1CCCCC1)N1CCN([C@@H]2CCS(=O)(=O)C2)CC1. The lowest BCUT2D eigenvalue weighted by Gasteiger charge is -2.37. The molecule has 6 heteroatoms. The van der Waals surface area contributed by atoms with Gasteiger partial charge in [-0.15, -0.1) is 0 Å². The lowest BCUT2D eigenvalue weighted by atomic mass is 9.86. The third kappa shape index (κ3) is 4.94. The average Bonchev–Trinajstić information content (AvgIpc) is 2.96. The number of rotatable bonds is 5. The molecular weight excluding hydrogens is 324 g/mol. The molecule has 0 radical (unpaired) electrons. The standard InChI is InChI=1S/C18H32N2O3S/c21-18(8-4-7-16-5-2-1-3-6-16)20-12-10-19(11-13-20)17-9-14-24(22,23)15-17/h16-17H,1-15H2/t17-/m1/s1. The maximum Gasteiger partial charge on any atom is 0.222 e. The van der Waals surface area contributed by atoms with E-state index in [0.717, 1.165) is 44.9 Å². The van der Waals surface area contributed by atoms with Crippen LogP contribution in [-0.2, 0) is 14.6 Å². The van der Waals surface area contributed by atoms with Crippen LogP contribution in [0.4, 0.5) is 0 Å². The Hall–Kier alpha value is -0.620. The van der Waals surface area contributed by atoms with Crippen molar-refractivity contribution in [2.45, 2.75) is 63.8 Å². The molecule has 0 unspecified atom stereocenters. The molecule has 0 bridgehead atoms. The summed E-state index contributed by atoms with van der Waals surface area (Å²) in [5.74, 6) is 1.79. The molecule has 3 aliphatic rings. The van der Waals surface area contributed by atoms with Gasteiger partial charge in [-0.25, -0.2) is 8.42 Å². The van der Waals surface area contributed by atoms with E-state index in [-0.39, 0.29) is 6.04 Å². The van der Waals surface area contributed by atoms with E-state index >= 15 is 0 Å². The highest BCUT2D eigenvalue weighted by molar-refractivity contribution is 7.91. The molecule has 3 fully saturated rings. The fraction of sp³-hybridized carbons (Fsp3) is 0.944. The Morgan fingerprint density at radius 3 is 2.29 bits per heavy atom. The second-order valence-electron chi connectivity index (χ2n) is 7.87. The minimum Gasteiger partial charge on any atom is -0.340 e. The van der Waals surface area contributed by atoms with Crippen LogP contribution >= 0.6 is 0 Å². The number of carbonyl (C=O) groups excluding carboxylic acids is 1. The smallest absolute Gasteiger partial charge is 0.222 e. The Balaban J connectivity index is 1.34. The summed E-state index contributed by atoms with van der Waals surface area (Å²) in [4.78, 5) is 16.6. The van der Waals surface area contributed by atoms with E-state index in [1.807, 2.05) is 4.90 Å². The van der Waals surface area contributed by atoms with E-state index in [1.54, 1.807) is 0 Å². The van der Waals surface area contributed by atoms with Crippen LogP contribution in [0.3, 0.4) is 0 Å². The van der Waals surface area contributed by atoms with E-state index in [4.69, 9.17) is 0 Å². The van der Waals surface area contributed by atoms with Crippen molar-refractivity contribution in [1.82, 2.24) is 9.80 Å². The molecule has 1 saturated carbocycles. The number of nitrogens with zero attached hydrogens (tertiary/aromatic N) is 2. The number of carbonyl (C=O) groups is 1. The van der Waals surface area contributed by atoms with Crippen LogP contribution < -0.4 is 0 Å². The van der Waals surface area contributed by atoms with Gasteiger partial charge in [-0.1, -0.05) is 32.1 Å². The Labute approximate surface area is 146 Å². The summed E-state index contributed by atoms with van der Waals surface area (Å²) in [6.07, 6.45) is 10.5. The minimum atomic E-state index is -2.82. The maximum atomic E-state index is 12.4. The summed E-state index contributed by atoms with van der Waals surface area (Å²) in [7, 11) is -2.82. The number of amides is 1. The summed E-state index contributed by atoms with van der Waals surface area (Å²) in [5.41, 5.74) is 0. The van der Waals surface area contributed by atoms with E-state index in [2.05, 4.69) is 4.90 Å². The van der Waals surface area contributed by atoms with Gasteiger partial charge in [0.15, 0.2) is 9.84 Å². The monoisotopic (exact) mass is 356 g/mol. The average molecular weight is 357 g/mol. The zero-order chi connectivity index (χ0) is 17.0. The van der Waals surface area contributed by atoms with Crippen molar-refractivity contribution in [3.8, 4) is 0 Å². The van der Waals surface area contributed by atoms with Crippen LogP contribution in [0.1, 0.15) is 57.8 Å². The molecule has 0 N–H and O–H groups in total. The van der Waals surface area contributed by atoms with Crippen molar-refractivity contribution < 1.29 is 13.2 Å². The van der Waals surface area contributed by atoms with Crippen molar-refractivity contribution >= 4 is 15.7 Å². The zero-order valence-electron chi connectivity index (χ0n) is 14.8. The first-order chi connectivity index (χ1) is 11.5. The molecule has 1 atom stereocenters. The number of sulfone groups is 1. The van der Waals surface area contributed by atoms with Crippen molar-refractivity contribution in [3.05, 3.63) is 0 Å². The van der Waals surface area contributed by atoms with Crippen molar-refractivity contribution in [3.63, 3.8) is 0 Å². The van der Waals surface area contributed by atoms with Crippen LogP contribution in [-0.4, -0.2) is 67.9 Å². The molecule has 3 rings (SSSR count). The predicted octanol–water partition coefficient (Wildman–Crippen LogP) is 2.07. The second-order valence-corrected chi connectivity index (χ2v) is 10.1. The molecule has 2 aliphatic heterocycles. The molecule has 0 spiro atoms. The molecule has 138 valence electrons. The number of hydrogen-bond acceptors (Lipinski definition) is 4. The zero-order valence-corrected chi connectivity index (χ0v) is 15.6. The molecule has 1 amide bonds. The molecule has 0 aromatic carbocycles. The highest BCUT2D eigenvalue weighted by Gasteiger charge is 2.34. The molecule has 2 heterocycles. The Kier molecular flexibility index (Phi) is 6.19. The first-order valence-electron chi connectivity index (χ1n) is 9.76. The van der Waals surface area contributed by atoms with Crippen LogP contribution in [0, 0.1) is 5.92 Å². The molecule has 5 nitrogen and oxygen atoms in total. The van der Waals surface area contributed by atoms with E-state index in [1.165, 1.54) is 38.5 Å². The topological polar surface area (TPSA) is 57.7 Å². The third-order valence-corrected chi connectivity index (χ3v) is 7.87. The van der Waals surface area contributed by atoms with Gasteiger partial charge in [0.05, 0.1) is 11.5 Å². The van der Waals surface area contributed by atoms with Crippen LogP contribution in [0.15, 0.2) is 0 Å². The van der Waals surface area contributed by atoms with Gasteiger partial charge >= 0.3 is 0 Å². The van der Waals surface area contributed by atoms with Gasteiger partial charge in [-0.05, 0) is 25.2 Å². The summed E-state index contributed by atoms with van der Waals surface area (Å²) in [5, 5.41) is 0. The van der Waals surface area contributed by atoms with Crippen molar-refractivity contribution in [2.24, 2.45) is 5.92 Å². The minimum absolute atomic E-state index is 0.179. The normalized spacial score (nSPS) is 29.0. The van der Waals surface area contributed by atoms with Crippen LogP contribution in [0.5, 0.6) is 0 Å². The predicted molar refractivity (Wildman–Crippen MR) is 95.6 cm³/mol. The first kappa shape index (κ1) is 18.2. The Bertz CT molecular complexity index is 520. The van der Waals surface area contributed by atoms with Crippen LogP contribution in [0.25, 0.3) is 0 Å². The number of piperazine rings is 1. The quantitative estimate of drug-likeness (QED) is 0.757. The first-order valence-corrected chi connectivity index (χ1v) is 11.6. The summed E-state index contributed by atoms with van der Waals surface area (Å²) < 4.78 is 23.2. The molecule has 0 aromatic heterocycles. The van der Waals surface area contributed by atoms with Gasteiger partial charge in [-0.2, -0.15) is 0 Å². The lowest BCUT2D eigenvalue weighted by Crippen LogP contribution is -2.52. The van der Waals surface area contributed by atoms with Crippen LogP contribution in [0.2, 0.25) is 0 Å². The van der Waals surface area contributed by atoms with Gasteiger partial charge in [0.25, 0.3) is 0 Å². The fourth-order valence-electron chi connectivity index (χ4n) is 4.58. The number of hydrogen-bond donors (Lipinski definition) is 0. The fourth-order valence-corrected chi connectivity index (χ4v) is 6.34. The molecule has 0 aromatic rings. The van der Waals surface area contributed by atoms with Gasteiger partial charge < -0.3 is 4.90 Å². The lowest BCUT2D eigenvalue weighted by molar-refractivity contribution is -0.133. The highest BCUT2D eigenvalue weighted by Crippen LogP contribution is 2.28. The largest absolute Gasteiger partial charge is 0.340 e. The van der Waals surface area contributed by atoms with Gasteiger partial charge in [0.2, 0.25) is 5.91 Å². The van der Waals surface area contributed by atoms with Crippen molar-refractivity contribution in [2.75, 3.05) is 37.7 Å². The molecule has 24 heavy (non-hydrogen) atoms. The van der Waals surface area contributed by atoms with Gasteiger partial charge in [0, 0.05) is 38.6 Å². The van der Waals surface area contributed by atoms with Gasteiger partial charge in [0.1, 0.15) is 0 Å². The van der Waals surface area contributed by atoms with Gasteiger partial charge in [-0.3, -0.25) is 9.69 Å². The van der Waals surface area contributed by atoms with E-state index < -0.39 is 9.84 Å². The summed E-state index contributed by atoms with van der Waals surface area (Å²) in [6.45, 7) is 3.18. The molecule has 2 saturated heterocycles. The van der Waals surface area contributed by atoms with E-state index in [9.17, 15) is 13.2 Å². The second kappa shape index (κ2) is 8.17. The Morgan fingerprint density at radius 2 is 1.67 bits per heavy atom.